The number of hydrogen-bond donors (Lipinski definition) is 0. The average Bonchev–Trinajstić information content (AvgIpc) is 2.92. The fourth-order valence-corrected chi connectivity index (χ4v) is 3.16. The van der Waals surface area contributed by atoms with E-state index in [0.717, 1.165) is 18.1 Å². The first kappa shape index (κ1) is 16.0. The number of pyridine rings is 1. The van der Waals surface area contributed by atoms with Crippen LogP contribution in [0.2, 0.25) is 0 Å². The van der Waals surface area contributed by atoms with Gasteiger partial charge in [-0.15, -0.1) is 0 Å². The second kappa shape index (κ2) is 5.96. The summed E-state index contributed by atoms with van der Waals surface area (Å²) >= 11 is 0. The second-order valence-corrected chi connectivity index (χ2v) is 5.98. The monoisotopic (exact) mass is 321 g/mol. The van der Waals surface area contributed by atoms with Crippen molar-refractivity contribution < 1.29 is 18.9 Å². The molecular weight excluding hydrogens is 302 g/mol. The highest BCUT2D eigenvalue weighted by atomic mass is 16.4. The number of nitrogens with zero attached hydrogens (tertiary/aromatic N) is 1. The molecule has 0 amide bonds. The van der Waals surface area contributed by atoms with Crippen LogP contribution in [0.15, 0.2) is 47.1 Å². The van der Waals surface area contributed by atoms with Gasteiger partial charge in [0.05, 0.1) is 0 Å². The fraction of sp³-hybridized carbons (Fsp3) is 0.200. The molecule has 4 nitrogen and oxygen atoms in total. The van der Waals surface area contributed by atoms with Crippen molar-refractivity contribution in [1.82, 2.24) is 0 Å². The molecule has 4 heteroatoms. The van der Waals surface area contributed by atoms with Crippen molar-refractivity contribution in [2.75, 3.05) is 0 Å². The maximum Gasteiger partial charge on any atom is 0.176 e. The van der Waals surface area contributed by atoms with Crippen LogP contribution in [-0.2, 0) is 11.8 Å². The Morgan fingerprint density at radius 3 is 2.42 bits per heavy atom. The van der Waals surface area contributed by atoms with Gasteiger partial charge < -0.3 is 14.3 Å². The van der Waals surface area contributed by atoms with Gasteiger partial charge in [0.2, 0.25) is 0 Å². The molecule has 2 aromatic heterocycles. The number of para-hydroxylation sites is 1. The molecule has 2 aromatic carbocycles. The molecule has 0 fully saturated rings. The smallest absolute Gasteiger partial charge is 0.176 e. The predicted molar refractivity (Wildman–Crippen MR) is 92.6 cm³/mol. The van der Waals surface area contributed by atoms with Gasteiger partial charge in [0, 0.05) is 39.1 Å². The van der Waals surface area contributed by atoms with Crippen LogP contribution in [0.25, 0.3) is 32.7 Å². The summed E-state index contributed by atoms with van der Waals surface area (Å²) in [6.45, 7) is 5.30. The number of carbonyl (C=O) groups is 1. The molecule has 0 saturated heterocycles. The molecule has 0 atom stereocenters. The van der Waals surface area contributed by atoms with Crippen molar-refractivity contribution in [3.63, 3.8) is 0 Å². The Balaban J connectivity index is 0.000000383. The van der Waals surface area contributed by atoms with E-state index in [0.29, 0.717) is 0 Å². The highest BCUT2D eigenvalue weighted by Gasteiger charge is 2.17. The number of furan rings is 1. The zero-order chi connectivity index (χ0) is 17.4. The number of benzene rings is 2. The van der Waals surface area contributed by atoms with Gasteiger partial charge in [-0.3, -0.25) is 0 Å². The summed E-state index contributed by atoms with van der Waals surface area (Å²) in [5, 5.41) is 13.9. The lowest BCUT2D eigenvalue weighted by atomic mass is 9.97. The number of carboxylic acid groups (broad SMARTS) is 1. The van der Waals surface area contributed by atoms with E-state index in [1.165, 1.54) is 32.7 Å². The van der Waals surface area contributed by atoms with Crippen molar-refractivity contribution in [1.29, 1.82) is 0 Å². The van der Waals surface area contributed by atoms with E-state index < -0.39 is 5.97 Å². The molecule has 0 saturated carbocycles. The fourth-order valence-electron chi connectivity index (χ4n) is 3.16. The van der Waals surface area contributed by atoms with Gasteiger partial charge in [0.25, 0.3) is 0 Å². The molecular formula is C20H19NO3. The van der Waals surface area contributed by atoms with E-state index in [1.807, 2.05) is 12.1 Å². The van der Waals surface area contributed by atoms with E-state index >= 15 is 0 Å². The molecule has 0 aliphatic heterocycles. The number of rotatable bonds is 0. The Morgan fingerprint density at radius 2 is 1.71 bits per heavy atom. The van der Waals surface area contributed by atoms with Gasteiger partial charge >= 0.3 is 0 Å². The zero-order valence-corrected chi connectivity index (χ0v) is 14.2. The number of hydrogen-bond acceptors (Lipinski definition) is 3. The summed E-state index contributed by atoms with van der Waals surface area (Å²) in [6.07, 6.45) is 4.28. The van der Waals surface area contributed by atoms with Gasteiger partial charge in [-0.2, -0.15) is 0 Å². The van der Waals surface area contributed by atoms with Crippen molar-refractivity contribution in [3.8, 4) is 0 Å². The van der Waals surface area contributed by atoms with Crippen LogP contribution in [0.5, 0.6) is 0 Å². The van der Waals surface area contributed by atoms with E-state index in [2.05, 4.69) is 56.1 Å². The number of aromatic nitrogens is 1. The SMILES string of the molecule is CC(=O)[O-].Cc1c2cc[n+](C)cc2c(C)c2c1oc1ccccc12. The van der Waals surface area contributed by atoms with E-state index in [-0.39, 0.29) is 0 Å². The summed E-state index contributed by atoms with van der Waals surface area (Å²) in [7, 11) is 2.06. The summed E-state index contributed by atoms with van der Waals surface area (Å²) in [4.78, 5) is 8.89. The standard InChI is InChI=1S/C18H16NO.C2H4O2/c1-11-15-10-19(3)9-8-13(15)12(2)18-17(11)14-6-4-5-7-16(14)20-18;1-2(3)4/h4-10H,1-3H3;1H3,(H,3,4)/q+1;/p-1. The van der Waals surface area contributed by atoms with Gasteiger partial charge in [-0.05, 0) is 32.4 Å². The zero-order valence-electron chi connectivity index (χ0n) is 14.2. The molecule has 0 unspecified atom stereocenters. The minimum absolute atomic E-state index is 0.966. The molecule has 0 spiro atoms. The summed E-state index contributed by atoms with van der Waals surface area (Å²) in [6, 6.07) is 10.4. The quantitative estimate of drug-likeness (QED) is 0.468. The number of fused-ring (bicyclic) bond motifs is 4. The summed E-state index contributed by atoms with van der Waals surface area (Å²) in [5.41, 5.74) is 4.50. The first-order valence-electron chi connectivity index (χ1n) is 7.77. The van der Waals surface area contributed by atoms with Crippen molar-refractivity contribution in [2.45, 2.75) is 20.8 Å². The first-order valence-corrected chi connectivity index (χ1v) is 7.77. The Labute approximate surface area is 139 Å². The van der Waals surface area contributed by atoms with Gasteiger partial charge in [-0.25, -0.2) is 4.57 Å². The largest absolute Gasteiger partial charge is 0.550 e. The van der Waals surface area contributed by atoms with Crippen LogP contribution >= 0.6 is 0 Å². The number of aryl methyl sites for hydroxylation is 3. The molecule has 0 bridgehead atoms. The third-order valence-corrected chi connectivity index (χ3v) is 4.22. The van der Waals surface area contributed by atoms with Crippen LogP contribution in [-0.4, -0.2) is 5.97 Å². The van der Waals surface area contributed by atoms with Crippen LogP contribution in [0.3, 0.4) is 0 Å². The average molecular weight is 321 g/mol. The number of carbonyl (C=O) groups excluding carboxylic acids is 1. The van der Waals surface area contributed by atoms with Crippen molar-refractivity contribution >= 4 is 38.7 Å². The minimum Gasteiger partial charge on any atom is -0.550 e. The van der Waals surface area contributed by atoms with Crippen LogP contribution in [0.4, 0.5) is 0 Å². The minimum atomic E-state index is -1.08. The second-order valence-electron chi connectivity index (χ2n) is 5.98. The normalized spacial score (nSPS) is 10.8. The highest BCUT2D eigenvalue weighted by Crippen LogP contribution is 2.37. The molecule has 2 heterocycles. The van der Waals surface area contributed by atoms with E-state index in [1.54, 1.807) is 0 Å². The topological polar surface area (TPSA) is 57.1 Å². The third kappa shape index (κ3) is 2.60. The van der Waals surface area contributed by atoms with Gasteiger partial charge in [0.1, 0.15) is 18.2 Å². The number of aliphatic carboxylic acids is 1. The van der Waals surface area contributed by atoms with E-state index in [4.69, 9.17) is 14.3 Å². The molecule has 0 aliphatic carbocycles. The number of carboxylic acids is 1. The Hall–Kier alpha value is -2.88. The molecule has 122 valence electrons. The predicted octanol–water partition coefficient (Wildman–Crippen LogP) is 2.94. The lowest BCUT2D eigenvalue weighted by molar-refractivity contribution is -0.670. The van der Waals surface area contributed by atoms with Crippen LogP contribution in [0.1, 0.15) is 18.1 Å². The maximum absolute atomic E-state index is 8.89. The Kier molecular flexibility index (Phi) is 3.97. The molecule has 0 N–H and O–H groups in total. The molecule has 24 heavy (non-hydrogen) atoms. The summed E-state index contributed by atoms with van der Waals surface area (Å²) < 4.78 is 8.20. The van der Waals surface area contributed by atoms with Crippen molar-refractivity contribution in [3.05, 3.63) is 53.9 Å². The maximum atomic E-state index is 8.89. The van der Waals surface area contributed by atoms with Gasteiger partial charge in [-0.1, -0.05) is 18.2 Å². The van der Waals surface area contributed by atoms with Crippen LogP contribution < -0.4 is 9.67 Å². The molecule has 0 aliphatic rings. The lowest BCUT2D eigenvalue weighted by Crippen LogP contribution is -2.26. The van der Waals surface area contributed by atoms with E-state index in [9.17, 15) is 0 Å². The molecule has 0 radical (unpaired) electrons. The molecule has 4 aromatic rings. The van der Waals surface area contributed by atoms with Gasteiger partial charge in [0.15, 0.2) is 12.4 Å². The lowest BCUT2D eigenvalue weighted by Gasteiger charge is -2.06. The highest BCUT2D eigenvalue weighted by molar-refractivity contribution is 6.14. The Morgan fingerprint density at radius 1 is 1.04 bits per heavy atom. The third-order valence-electron chi connectivity index (χ3n) is 4.22. The first-order chi connectivity index (χ1) is 11.4. The Bertz CT molecular complexity index is 1070. The molecule has 4 rings (SSSR count). The summed E-state index contributed by atoms with van der Waals surface area (Å²) in [5.74, 6) is -1.08. The van der Waals surface area contributed by atoms with Crippen LogP contribution in [0, 0.1) is 13.8 Å². The van der Waals surface area contributed by atoms with Crippen molar-refractivity contribution in [2.24, 2.45) is 7.05 Å².